The molecule has 0 bridgehead atoms. The molecule has 0 saturated heterocycles. The number of halogens is 1. The molecule has 0 fully saturated rings. The topological polar surface area (TPSA) is 51.2 Å². The van der Waals surface area contributed by atoms with Crippen LogP contribution in [0.25, 0.3) is 0 Å². The predicted octanol–water partition coefficient (Wildman–Crippen LogP) is 1.17. The van der Waals surface area contributed by atoms with Gasteiger partial charge in [-0.05, 0) is 34.7 Å². The number of rotatable bonds is 0. The number of nitrogens with one attached hydrogen (secondary N) is 1. The van der Waals surface area contributed by atoms with Gasteiger partial charge in [0.25, 0.3) is 5.91 Å². The summed E-state index contributed by atoms with van der Waals surface area (Å²) in [6.07, 6.45) is 1.61. The number of anilines is 1. The maximum atomic E-state index is 11.1. The highest BCUT2D eigenvalue weighted by Crippen LogP contribution is 2.27. The Kier molecular flexibility index (Phi) is 1.87. The number of carbonyl (C=O) groups is 1. The number of fused-ring (bicyclic) bond motifs is 1. The van der Waals surface area contributed by atoms with E-state index >= 15 is 0 Å². The Balaban J connectivity index is 2.40. The van der Waals surface area contributed by atoms with Crippen LogP contribution in [0.5, 0.6) is 5.75 Å². The zero-order valence-corrected chi connectivity index (χ0v) is 8.11. The highest BCUT2D eigenvalue weighted by Gasteiger charge is 2.24. The number of nitrogens with zero attached hydrogens (tertiary/aromatic N) is 1. The number of hydrogen-bond donors (Lipinski definition) is 1. The summed E-state index contributed by atoms with van der Waals surface area (Å²) in [6.45, 7) is 0. The third-order valence-electron chi connectivity index (χ3n) is 1.45. The second kappa shape index (κ2) is 2.89. The second-order valence-corrected chi connectivity index (χ2v) is 3.40. The van der Waals surface area contributed by atoms with Gasteiger partial charge in [0.15, 0.2) is 11.6 Å². The third kappa shape index (κ3) is 1.24. The molecule has 2 heterocycles. The lowest BCUT2D eigenvalue weighted by atomic mass is 10.4. The van der Waals surface area contributed by atoms with Crippen LogP contribution in [0.2, 0.25) is 0 Å². The van der Waals surface area contributed by atoms with Crippen molar-refractivity contribution in [2.75, 3.05) is 5.32 Å². The minimum Gasteiger partial charge on any atom is -0.466 e. The quantitative estimate of drug-likeness (QED) is 0.571. The van der Waals surface area contributed by atoms with Crippen LogP contribution >= 0.6 is 22.6 Å². The highest BCUT2D eigenvalue weighted by molar-refractivity contribution is 14.1. The Morgan fingerprint density at radius 2 is 2.50 bits per heavy atom. The molecule has 1 atom stereocenters. The Morgan fingerprint density at radius 1 is 1.67 bits per heavy atom. The van der Waals surface area contributed by atoms with Gasteiger partial charge in [0, 0.05) is 6.20 Å². The maximum absolute atomic E-state index is 11.1. The Morgan fingerprint density at radius 3 is 3.33 bits per heavy atom. The molecule has 2 rings (SSSR count). The largest absolute Gasteiger partial charge is 0.466 e. The molecule has 1 aromatic heterocycles. The first-order valence-electron chi connectivity index (χ1n) is 3.34. The van der Waals surface area contributed by atoms with E-state index in [2.05, 4.69) is 10.3 Å². The Hall–Kier alpha value is -0.850. The van der Waals surface area contributed by atoms with Crippen molar-refractivity contribution < 1.29 is 9.53 Å². The summed E-state index contributed by atoms with van der Waals surface area (Å²) >= 11 is 1.92. The summed E-state index contributed by atoms with van der Waals surface area (Å²) < 4.78 is 4.80. The molecule has 5 heteroatoms. The van der Waals surface area contributed by atoms with Gasteiger partial charge >= 0.3 is 0 Å². The van der Waals surface area contributed by atoms with Gasteiger partial charge in [0.2, 0.25) is 4.11 Å². The molecule has 0 saturated carbocycles. The maximum Gasteiger partial charge on any atom is 0.276 e. The van der Waals surface area contributed by atoms with Crippen molar-refractivity contribution >= 4 is 34.3 Å². The van der Waals surface area contributed by atoms with Gasteiger partial charge in [-0.25, -0.2) is 4.98 Å². The first-order valence-corrected chi connectivity index (χ1v) is 4.58. The third-order valence-corrected chi connectivity index (χ3v) is 2.27. The van der Waals surface area contributed by atoms with E-state index in [9.17, 15) is 4.79 Å². The highest BCUT2D eigenvalue weighted by atomic mass is 127. The summed E-state index contributed by atoms with van der Waals surface area (Å²) in [6, 6.07) is 3.53. The fourth-order valence-electron chi connectivity index (χ4n) is 0.918. The van der Waals surface area contributed by atoms with E-state index < -0.39 is 4.11 Å². The molecule has 62 valence electrons. The van der Waals surface area contributed by atoms with E-state index in [4.69, 9.17) is 4.74 Å². The van der Waals surface area contributed by atoms with Gasteiger partial charge in [-0.1, -0.05) is 0 Å². The van der Waals surface area contributed by atoms with Crippen molar-refractivity contribution in [2.45, 2.75) is 4.11 Å². The van der Waals surface area contributed by atoms with Crippen LogP contribution in [0.1, 0.15) is 0 Å². The molecule has 0 spiro atoms. The molecule has 12 heavy (non-hydrogen) atoms. The van der Waals surface area contributed by atoms with Crippen molar-refractivity contribution in [1.29, 1.82) is 0 Å². The van der Waals surface area contributed by atoms with Gasteiger partial charge in [-0.2, -0.15) is 0 Å². The smallest absolute Gasteiger partial charge is 0.276 e. The van der Waals surface area contributed by atoms with Crippen LogP contribution in [0.15, 0.2) is 18.3 Å². The minimum absolute atomic E-state index is 0.165. The molecule has 4 nitrogen and oxygen atoms in total. The van der Waals surface area contributed by atoms with Crippen LogP contribution in [0.4, 0.5) is 5.82 Å². The first kappa shape index (κ1) is 7.78. The van der Waals surface area contributed by atoms with E-state index in [1.54, 1.807) is 18.3 Å². The van der Waals surface area contributed by atoms with Gasteiger partial charge in [-0.3, -0.25) is 4.79 Å². The fraction of sp³-hybridized carbons (Fsp3) is 0.143. The second-order valence-electron chi connectivity index (χ2n) is 2.27. The summed E-state index contributed by atoms with van der Waals surface area (Å²) in [5.41, 5.74) is 0. The molecule has 1 unspecified atom stereocenters. The van der Waals surface area contributed by atoms with E-state index in [0.717, 1.165) is 0 Å². The zero-order valence-electron chi connectivity index (χ0n) is 5.95. The number of ether oxygens (including phenoxy) is 1. The Labute approximate surface area is 82.5 Å². The normalized spacial score (nSPS) is 20.8. The van der Waals surface area contributed by atoms with Crippen molar-refractivity contribution in [3.8, 4) is 5.75 Å². The number of carbonyl (C=O) groups excluding carboxylic acids is 1. The monoisotopic (exact) mass is 276 g/mol. The number of aromatic nitrogens is 1. The SMILES string of the molecule is O=C1Nc2ncccc2OC1I. The average Bonchev–Trinajstić information content (AvgIpc) is 2.07. The van der Waals surface area contributed by atoms with Crippen LogP contribution < -0.4 is 10.1 Å². The molecule has 1 aliphatic rings. The molecule has 1 aromatic rings. The average molecular weight is 276 g/mol. The van der Waals surface area contributed by atoms with E-state index in [-0.39, 0.29) is 5.91 Å². The van der Waals surface area contributed by atoms with E-state index in [0.29, 0.717) is 11.6 Å². The molecular weight excluding hydrogens is 271 g/mol. The van der Waals surface area contributed by atoms with Crippen molar-refractivity contribution in [1.82, 2.24) is 4.98 Å². The predicted molar refractivity (Wildman–Crippen MR) is 51.3 cm³/mol. The van der Waals surface area contributed by atoms with Gasteiger partial charge in [0.1, 0.15) is 0 Å². The summed E-state index contributed by atoms with van der Waals surface area (Å²) in [4.78, 5) is 15.0. The van der Waals surface area contributed by atoms with E-state index in [1.807, 2.05) is 22.6 Å². The molecule has 0 aliphatic carbocycles. The van der Waals surface area contributed by atoms with Crippen LogP contribution in [0.3, 0.4) is 0 Å². The molecule has 0 radical (unpaired) electrons. The number of hydrogen-bond acceptors (Lipinski definition) is 3. The number of amides is 1. The number of pyridine rings is 1. The van der Waals surface area contributed by atoms with Crippen molar-refractivity contribution in [2.24, 2.45) is 0 Å². The standard InChI is InChI=1S/C7H5IN2O2/c8-5-7(11)10-6-4(12-5)2-1-3-9-6/h1-3,5H,(H,9,10,11). The Bertz CT molecular complexity index is 329. The van der Waals surface area contributed by atoms with Gasteiger partial charge in [0.05, 0.1) is 0 Å². The van der Waals surface area contributed by atoms with Crippen molar-refractivity contribution in [3.05, 3.63) is 18.3 Å². The van der Waals surface area contributed by atoms with Crippen LogP contribution in [-0.2, 0) is 4.79 Å². The molecule has 1 aliphatic heterocycles. The van der Waals surface area contributed by atoms with Crippen LogP contribution in [0, 0.1) is 0 Å². The van der Waals surface area contributed by atoms with Crippen molar-refractivity contribution in [3.63, 3.8) is 0 Å². The lowest BCUT2D eigenvalue weighted by Crippen LogP contribution is -2.32. The lowest BCUT2D eigenvalue weighted by Gasteiger charge is -2.20. The summed E-state index contributed by atoms with van der Waals surface area (Å²) in [5, 5.41) is 2.63. The molecular formula is C7H5IN2O2. The minimum atomic E-state index is -0.459. The number of alkyl halides is 1. The van der Waals surface area contributed by atoms with Crippen LogP contribution in [-0.4, -0.2) is 15.0 Å². The summed E-state index contributed by atoms with van der Waals surface area (Å²) in [7, 11) is 0. The molecule has 1 N–H and O–H groups in total. The lowest BCUT2D eigenvalue weighted by molar-refractivity contribution is -0.119. The zero-order chi connectivity index (χ0) is 8.55. The molecule has 0 aromatic carbocycles. The van der Waals surface area contributed by atoms with Gasteiger partial charge < -0.3 is 10.1 Å². The van der Waals surface area contributed by atoms with Gasteiger partial charge in [-0.15, -0.1) is 0 Å². The summed E-state index contributed by atoms with van der Waals surface area (Å²) in [5.74, 6) is 0.953. The molecule has 1 amide bonds. The fourth-order valence-corrected chi connectivity index (χ4v) is 1.35. The first-order chi connectivity index (χ1) is 5.77. The van der Waals surface area contributed by atoms with E-state index in [1.165, 1.54) is 0 Å².